The number of rotatable bonds is 4. The van der Waals surface area contributed by atoms with E-state index in [9.17, 15) is 4.57 Å². The Bertz CT molecular complexity index is 905. The average Bonchev–Trinajstić information content (AvgIpc) is 2.58. The fraction of sp³-hybridized carbons (Fsp3) is 0.571. The number of hydrogen-bond donors (Lipinski definition) is 0. The minimum Gasteiger partial charge on any atom is -0.222 e. The van der Waals surface area contributed by atoms with Gasteiger partial charge in [0.15, 0.2) is 11.5 Å². The summed E-state index contributed by atoms with van der Waals surface area (Å²) in [5, 5.41) is 0. The van der Waals surface area contributed by atoms with Crippen LogP contribution in [0.3, 0.4) is 0 Å². The SMILES string of the molecule is CC(C)(C)c1ccc(O[P+](=O)Oc2ccc(C(C)(C)C)cc2C(C)(C)C)c(C(C)(C)C)c1.[Li]. The molecule has 0 amide bonds. The summed E-state index contributed by atoms with van der Waals surface area (Å²) in [4.78, 5) is 0. The zero-order valence-electron chi connectivity index (χ0n) is 23.1. The van der Waals surface area contributed by atoms with Gasteiger partial charge in [0, 0.05) is 34.6 Å². The third-order valence-electron chi connectivity index (χ3n) is 5.65. The molecule has 177 valence electrons. The van der Waals surface area contributed by atoms with Gasteiger partial charge in [0.25, 0.3) is 0 Å². The first-order valence-electron chi connectivity index (χ1n) is 11.4. The van der Waals surface area contributed by atoms with E-state index >= 15 is 0 Å². The van der Waals surface area contributed by atoms with Gasteiger partial charge < -0.3 is 0 Å². The third kappa shape index (κ3) is 7.89. The Kier molecular flexibility index (Phi) is 9.16. The summed E-state index contributed by atoms with van der Waals surface area (Å²) in [5.74, 6) is 1.21. The van der Waals surface area contributed by atoms with Crippen molar-refractivity contribution in [1.29, 1.82) is 0 Å². The Labute approximate surface area is 215 Å². The second-order valence-corrected chi connectivity index (χ2v) is 13.6. The molecule has 0 aliphatic rings. The molecule has 2 aromatic carbocycles. The first-order chi connectivity index (χ1) is 14.3. The molecule has 2 aromatic rings. The second-order valence-electron chi connectivity index (χ2n) is 12.8. The van der Waals surface area contributed by atoms with Gasteiger partial charge >= 0.3 is 8.25 Å². The van der Waals surface area contributed by atoms with Gasteiger partial charge in [-0.05, 0) is 44.9 Å². The normalized spacial score (nSPS) is 12.7. The van der Waals surface area contributed by atoms with Crippen LogP contribution < -0.4 is 9.05 Å². The van der Waals surface area contributed by atoms with Crippen molar-refractivity contribution in [3.05, 3.63) is 58.7 Å². The largest absolute Gasteiger partial charge is 0.805 e. The molecule has 0 aliphatic heterocycles. The predicted molar refractivity (Wildman–Crippen MR) is 142 cm³/mol. The fourth-order valence-electron chi connectivity index (χ4n) is 3.50. The molecule has 0 saturated carbocycles. The molecule has 0 aliphatic carbocycles. The van der Waals surface area contributed by atoms with Gasteiger partial charge in [0.2, 0.25) is 0 Å². The van der Waals surface area contributed by atoms with Gasteiger partial charge in [-0.25, -0.2) is 9.05 Å². The zero-order valence-corrected chi connectivity index (χ0v) is 24.0. The van der Waals surface area contributed by atoms with Gasteiger partial charge in [-0.1, -0.05) is 107 Å². The van der Waals surface area contributed by atoms with Crippen molar-refractivity contribution in [2.75, 3.05) is 0 Å². The molecule has 0 fully saturated rings. The summed E-state index contributed by atoms with van der Waals surface area (Å²) in [6.07, 6.45) is 0. The van der Waals surface area contributed by atoms with Gasteiger partial charge in [0.05, 0.1) is 0 Å². The van der Waals surface area contributed by atoms with Crippen molar-refractivity contribution >= 4 is 27.1 Å². The summed E-state index contributed by atoms with van der Waals surface area (Å²) >= 11 is 0. The van der Waals surface area contributed by atoms with E-state index < -0.39 is 8.25 Å². The van der Waals surface area contributed by atoms with Crippen molar-refractivity contribution in [2.24, 2.45) is 0 Å². The summed E-state index contributed by atoms with van der Waals surface area (Å²) in [5.41, 5.74) is 4.22. The second kappa shape index (κ2) is 10.2. The minimum atomic E-state index is -2.39. The first-order valence-corrected chi connectivity index (χ1v) is 12.5. The summed E-state index contributed by atoms with van der Waals surface area (Å²) in [7, 11) is -2.39. The fourth-order valence-corrected chi connectivity index (χ4v) is 4.18. The van der Waals surface area contributed by atoms with E-state index in [0.717, 1.165) is 11.1 Å². The monoisotopic (exact) mass is 464 g/mol. The van der Waals surface area contributed by atoms with E-state index in [1.165, 1.54) is 11.1 Å². The Morgan fingerprint density at radius 3 is 1.09 bits per heavy atom. The Hall–Kier alpha value is -1.26. The van der Waals surface area contributed by atoms with E-state index in [1.807, 2.05) is 24.3 Å². The van der Waals surface area contributed by atoms with Gasteiger partial charge in [-0.3, -0.25) is 0 Å². The van der Waals surface area contributed by atoms with Crippen molar-refractivity contribution in [3.8, 4) is 11.5 Å². The Morgan fingerprint density at radius 2 is 0.848 bits per heavy atom. The predicted octanol–water partition coefficient (Wildman–Crippen LogP) is 8.61. The number of hydrogen-bond acceptors (Lipinski definition) is 3. The van der Waals surface area contributed by atoms with Crippen molar-refractivity contribution in [2.45, 2.75) is 105 Å². The Balaban J connectivity index is 0.00000544. The molecule has 0 saturated heterocycles. The molecular weight excluding hydrogens is 422 g/mol. The summed E-state index contributed by atoms with van der Waals surface area (Å²) in [6, 6.07) is 12.3. The van der Waals surface area contributed by atoms with Crippen LogP contribution >= 0.6 is 8.25 Å². The first kappa shape index (κ1) is 29.8. The molecule has 0 heterocycles. The van der Waals surface area contributed by atoms with E-state index in [4.69, 9.17) is 9.05 Å². The summed E-state index contributed by atoms with van der Waals surface area (Å²) < 4.78 is 24.8. The maximum absolute atomic E-state index is 13.0. The number of benzene rings is 2. The van der Waals surface area contributed by atoms with Gasteiger partial charge in [-0.2, -0.15) is 0 Å². The van der Waals surface area contributed by atoms with Crippen LogP contribution in [0.2, 0.25) is 0 Å². The van der Waals surface area contributed by atoms with Crippen LogP contribution in [0.15, 0.2) is 36.4 Å². The third-order valence-corrected chi connectivity index (χ3v) is 6.34. The van der Waals surface area contributed by atoms with Crippen LogP contribution in [0, 0.1) is 0 Å². The smallest absolute Gasteiger partial charge is 0.222 e. The van der Waals surface area contributed by atoms with Crippen molar-refractivity contribution in [3.63, 3.8) is 0 Å². The molecule has 0 spiro atoms. The molecule has 0 atom stereocenters. The summed E-state index contributed by atoms with van der Waals surface area (Å²) in [6.45, 7) is 26.0. The van der Waals surface area contributed by atoms with Crippen LogP contribution in [0.1, 0.15) is 105 Å². The van der Waals surface area contributed by atoms with Gasteiger partial charge in [-0.15, -0.1) is 0 Å². The molecule has 0 bridgehead atoms. The van der Waals surface area contributed by atoms with Crippen LogP contribution in [-0.4, -0.2) is 18.9 Å². The van der Waals surface area contributed by atoms with E-state index in [-0.39, 0.29) is 40.5 Å². The zero-order chi connectivity index (χ0) is 24.7. The molecular formula is C28H42LiO3P+. The van der Waals surface area contributed by atoms with Crippen LogP contribution in [0.25, 0.3) is 0 Å². The molecule has 3 nitrogen and oxygen atoms in total. The van der Waals surface area contributed by atoms with Gasteiger partial charge in [0.1, 0.15) is 0 Å². The molecule has 0 aromatic heterocycles. The van der Waals surface area contributed by atoms with Crippen LogP contribution in [-0.2, 0) is 26.2 Å². The maximum Gasteiger partial charge on any atom is 0.805 e. The molecule has 2 rings (SSSR count). The van der Waals surface area contributed by atoms with E-state index in [2.05, 4.69) is 95.2 Å². The quantitative estimate of drug-likeness (QED) is 0.336. The van der Waals surface area contributed by atoms with Crippen LogP contribution in [0.4, 0.5) is 0 Å². The molecule has 0 N–H and O–H groups in total. The Morgan fingerprint density at radius 1 is 0.545 bits per heavy atom. The average molecular weight is 465 g/mol. The van der Waals surface area contributed by atoms with Crippen molar-refractivity contribution < 1.29 is 13.6 Å². The van der Waals surface area contributed by atoms with E-state index in [1.54, 1.807) is 0 Å². The van der Waals surface area contributed by atoms with Crippen molar-refractivity contribution in [1.82, 2.24) is 0 Å². The molecule has 0 unspecified atom stereocenters. The van der Waals surface area contributed by atoms with Crippen LogP contribution in [0.5, 0.6) is 11.5 Å². The van der Waals surface area contributed by atoms with E-state index in [0.29, 0.717) is 11.5 Å². The topological polar surface area (TPSA) is 35.5 Å². The minimum absolute atomic E-state index is 0. The standard InChI is InChI=1S/C28H42O3P.Li/c1-25(2,3)19-13-15-23(21(17-19)27(7,8)9)30-32(29)31-24-16-14-20(26(4,5)6)18-22(24)28(10,11)12;/h13-18H,1-12H3;/q+1;. The maximum atomic E-state index is 13.0. The molecule has 5 heteroatoms. The molecule has 33 heavy (non-hydrogen) atoms. The molecule has 1 radical (unpaired) electrons.